The van der Waals surface area contributed by atoms with E-state index >= 15 is 0 Å². The molecule has 3 N–H and O–H groups in total. The van der Waals surface area contributed by atoms with Crippen molar-refractivity contribution in [2.75, 3.05) is 25.0 Å². The summed E-state index contributed by atoms with van der Waals surface area (Å²) in [6.45, 7) is 3.48. The molecule has 1 aliphatic heterocycles. The highest BCUT2D eigenvalue weighted by atomic mass is 16.5. The molecule has 0 saturated carbocycles. The average molecular weight is 292 g/mol. The lowest BCUT2D eigenvalue weighted by atomic mass is 10.0. The minimum Gasteiger partial charge on any atom is -0.481 e. The van der Waals surface area contributed by atoms with Crippen LogP contribution >= 0.6 is 0 Å². The fourth-order valence-corrected chi connectivity index (χ4v) is 2.07. The zero-order valence-electron chi connectivity index (χ0n) is 12.0. The Balaban J connectivity index is 1.82. The predicted octanol–water partition coefficient (Wildman–Crippen LogP) is 1.02. The van der Waals surface area contributed by atoms with Gasteiger partial charge in [0.15, 0.2) is 0 Å². The van der Waals surface area contributed by atoms with E-state index in [1.165, 1.54) is 0 Å². The summed E-state index contributed by atoms with van der Waals surface area (Å²) in [5.74, 6) is -1.04. The van der Waals surface area contributed by atoms with Crippen molar-refractivity contribution in [2.24, 2.45) is 0 Å². The van der Waals surface area contributed by atoms with Crippen molar-refractivity contribution in [1.29, 1.82) is 0 Å². The molecule has 1 aliphatic rings. The normalized spacial score (nSPS) is 16.0. The maximum Gasteiger partial charge on any atom is 0.303 e. The lowest BCUT2D eigenvalue weighted by molar-refractivity contribution is -0.137. The van der Waals surface area contributed by atoms with E-state index in [0.29, 0.717) is 12.1 Å². The summed E-state index contributed by atoms with van der Waals surface area (Å²) in [7, 11) is 0. The molecule has 2 rings (SSSR count). The summed E-state index contributed by atoms with van der Waals surface area (Å²) in [4.78, 5) is 22.4. The van der Waals surface area contributed by atoms with Gasteiger partial charge in [-0.05, 0) is 31.0 Å². The first-order valence-corrected chi connectivity index (χ1v) is 6.92. The molecule has 1 aromatic rings. The summed E-state index contributed by atoms with van der Waals surface area (Å²) in [6, 6.07) is 7.20. The van der Waals surface area contributed by atoms with E-state index in [4.69, 9.17) is 9.84 Å². The molecule has 6 nitrogen and oxygen atoms in total. The second kappa shape index (κ2) is 6.69. The molecule has 6 heteroatoms. The number of hydrogen-bond donors (Lipinski definition) is 3. The van der Waals surface area contributed by atoms with Crippen molar-refractivity contribution in [3.05, 3.63) is 29.8 Å². The SMILES string of the molecule is CC1(OCC(=O)Nc2cccc(CCC(=O)O)c2)CNC1. The molecular formula is C15H20N2O4. The summed E-state index contributed by atoms with van der Waals surface area (Å²) < 4.78 is 5.56. The van der Waals surface area contributed by atoms with Crippen molar-refractivity contribution in [3.8, 4) is 0 Å². The highest BCUT2D eigenvalue weighted by Crippen LogP contribution is 2.16. The summed E-state index contributed by atoms with van der Waals surface area (Å²) >= 11 is 0. The maximum absolute atomic E-state index is 11.8. The molecule has 0 radical (unpaired) electrons. The van der Waals surface area contributed by atoms with Gasteiger partial charge in [0.2, 0.25) is 5.91 Å². The Labute approximate surface area is 123 Å². The molecule has 114 valence electrons. The van der Waals surface area contributed by atoms with Gasteiger partial charge in [-0.2, -0.15) is 0 Å². The first kappa shape index (κ1) is 15.5. The third-order valence-electron chi connectivity index (χ3n) is 3.39. The smallest absolute Gasteiger partial charge is 0.303 e. The average Bonchev–Trinajstić information content (AvgIpc) is 2.41. The van der Waals surface area contributed by atoms with E-state index in [1.54, 1.807) is 18.2 Å². The van der Waals surface area contributed by atoms with Gasteiger partial charge in [0.1, 0.15) is 6.61 Å². The van der Waals surface area contributed by atoms with Gasteiger partial charge in [-0.15, -0.1) is 0 Å². The molecule has 1 heterocycles. The first-order chi connectivity index (χ1) is 9.97. The van der Waals surface area contributed by atoms with Crippen LogP contribution in [0.25, 0.3) is 0 Å². The number of amides is 1. The Morgan fingerprint density at radius 3 is 2.81 bits per heavy atom. The largest absolute Gasteiger partial charge is 0.481 e. The number of carbonyl (C=O) groups excluding carboxylic acids is 1. The molecule has 1 saturated heterocycles. The first-order valence-electron chi connectivity index (χ1n) is 6.92. The van der Waals surface area contributed by atoms with Crippen LogP contribution in [0.15, 0.2) is 24.3 Å². The van der Waals surface area contributed by atoms with Crippen LogP contribution in [0.3, 0.4) is 0 Å². The minimum absolute atomic E-state index is 0.0114. The molecular weight excluding hydrogens is 272 g/mol. The number of nitrogens with one attached hydrogen (secondary N) is 2. The molecule has 0 spiro atoms. The van der Waals surface area contributed by atoms with E-state index in [-0.39, 0.29) is 24.5 Å². The fourth-order valence-electron chi connectivity index (χ4n) is 2.07. The Hall–Kier alpha value is -1.92. The molecule has 1 aromatic carbocycles. The van der Waals surface area contributed by atoms with Gasteiger partial charge in [-0.1, -0.05) is 12.1 Å². The second-order valence-electron chi connectivity index (χ2n) is 5.48. The van der Waals surface area contributed by atoms with Crippen molar-refractivity contribution < 1.29 is 19.4 Å². The van der Waals surface area contributed by atoms with Gasteiger partial charge in [-0.25, -0.2) is 0 Å². The number of aryl methyl sites for hydroxylation is 1. The summed E-state index contributed by atoms with van der Waals surface area (Å²) in [6.07, 6.45) is 0.519. The lowest BCUT2D eigenvalue weighted by Crippen LogP contribution is -2.59. The van der Waals surface area contributed by atoms with E-state index in [2.05, 4.69) is 10.6 Å². The fraction of sp³-hybridized carbons (Fsp3) is 0.467. The zero-order chi connectivity index (χ0) is 15.3. The number of aliphatic carboxylic acids is 1. The minimum atomic E-state index is -0.833. The van der Waals surface area contributed by atoms with Crippen LogP contribution in [-0.2, 0) is 20.7 Å². The Kier molecular flexibility index (Phi) is 4.93. The molecule has 0 unspecified atom stereocenters. The maximum atomic E-state index is 11.8. The number of rotatable bonds is 7. The van der Waals surface area contributed by atoms with Gasteiger partial charge in [0, 0.05) is 25.2 Å². The third-order valence-corrected chi connectivity index (χ3v) is 3.39. The summed E-state index contributed by atoms with van der Waals surface area (Å²) in [5.41, 5.74) is 1.29. The molecule has 0 aromatic heterocycles. The highest BCUT2D eigenvalue weighted by molar-refractivity contribution is 5.91. The van der Waals surface area contributed by atoms with Crippen LogP contribution < -0.4 is 10.6 Å². The molecule has 0 atom stereocenters. The molecule has 21 heavy (non-hydrogen) atoms. The van der Waals surface area contributed by atoms with E-state index in [9.17, 15) is 9.59 Å². The molecule has 0 aliphatic carbocycles. The van der Waals surface area contributed by atoms with Crippen LogP contribution in [-0.4, -0.2) is 42.3 Å². The third kappa shape index (κ3) is 4.84. The van der Waals surface area contributed by atoms with Crippen LogP contribution in [0.1, 0.15) is 18.9 Å². The Bertz CT molecular complexity index is 526. The zero-order valence-corrected chi connectivity index (χ0v) is 12.0. The molecule has 1 fully saturated rings. The Morgan fingerprint density at radius 1 is 1.43 bits per heavy atom. The van der Waals surface area contributed by atoms with Crippen molar-refractivity contribution in [2.45, 2.75) is 25.4 Å². The van der Waals surface area contributed by atoms with Crippen LogP contribution in [0.4, 0.5) is 5.69 Å². The Morgan fingerprint density at radius 2 is 2.19 bits per heavy atom. The number of ether oxygens (including phenoxy) is 1. The van der Waals surface area contributed by atoms with Gasteiger partial charge in [0.05, 0.1) is 5.60 Å². The van der Waals surface area contributed by atoms with Crippen LogP contribution in [0.2, 0.25) is 0 Å². The van der Waals surface area contributed by atoms with E-state index in [1.807, 2.05) is 13.0 Å². The number of carboxylic acid groups (broad SMARTS) is 1. The van der Waals surface area contributed by atoms with Gasteiger partial charge in [-0.3, -0.25) is 9.59 Å². The highest BCUT2D eigenvalue weighted by Gasteiger charge is 2.32. The molecule has 1 amide bonds. The van der Waals surface area contributed by atoms with Gasteiger partial charge in [0.25, 0.3) is 0 Å². The van der Waals surface area contributed by atoms with Crippen LogP contribution in [0, 0.1) is 0 Å². The summed E-state index contributed by atoms with van der Waals surface area (Å²) in [5, 5.41) is 14.5. The molecule has 0 bridgehead atoms. The lowest BCUT2D eigenvalue weighted by Gasteiger charge is -2.38. The van der Waals surface area contributed by atoms with Crippen molar-refractivity contribution in [3.63, 3.8) is 0 Å². The number of anilines is 1. The van der Waals surface area contributed by atoms with Crippen molar-refractivity contribution >= 4 is 17.6 Å². The second-order valence-corrected chi connectivity index (χ2v) is 5.48. The van der Waals surface area contributed by atoms with Crippen molar-refractivity contribution in [1.82, 2.24) is 5.32 Å². The number of carboxylic acids is 1. The number of benzene rings is 1. The topological polar surface area (TPSA) is 87.7 Å². The van der Waals surface area contributed by atoms with Gasteiger partial charge >= 0.3 is 5.97 Å². The number of carbonyl (C=O) groups is 2. The van der Waals surface area contributed by atoms with Crippen LogP contribution in [0.5, 0.6) is 0 Å². The predicted molar refractivity (Wildman–Crippen MR) is 78.3 cm³/mol. The van der Waals surface area contributed by atoms with E-state index < -0.39 is 5.97 Å². The quantitative estimate of drug-likeness (QED) is 0.698. The monoisotopic (exact) mass is 292 g/mol. The van der Waals surface area contributed by atoms with E-state index in [0.717, 1.165) is 18.7 Å². The number of hydrogen-bond acceptors (Lipinski definition) is 4. The standard InChI is InChI=1S/C15H20N2O4/c1-15(9-16-10-15)21-8-13(18)17-12-4-2-3-11(7-12)5-6-14(19)20/h2-4,7,16H,5-6,8-10H2,1H3,(H,17,18)(H,19,20). The van der Waals surface area contributed by atoms with Gasteiger partial charge < -0.3 is 20.5 Å².